The van der Waals surface area contributed by atoms with Gasteiger partial charge in [-0.05, 0) is 61.7 Å². The molecule has 7 nitrogen and oxygen atoms in total. The topological polar surface area (TPSA) is 86.8 Å². The summed E-state index contributed by atoms with van der Waals surface area (Å²) in [6.45, 7) is 0.917. The predicted molar refractivity (Wildman–Crippen MR) is 140 cm³/mol. The molecule has 3 aromatic carbocycles. The van der Waals surface area contributed by atoms with Gasteiger partial charge in [0.2, 0.25) is 5.91 Å². The van der Waals surface area contributed by atoms with Crippen LogP contribution < -0.4 is 9.62 Å². The number of para-hydroxylation sites is 1. The second-order valence-electron chi connectivity index (χ2n) is 8.25. The lowest BCUT2D eigenvalue weighted by Gasteiger charge is -2.28. The number of nitrogens with one attached hydrogen (secondary N) is 1. The highest BCUT2D eigenvalue weighted by Gasteiger charge is 2.28. The van der Waals surface area contributed by atoms with Crippen LogP contribution in [0.15, 0.2) is 88.2 Å². The molecule has 0 atom stereocenters. The Hall–Kier alpha value is -3.17. The van der Waals surface area contributed by atoms with Crippen LogP contribution in [0.25, 0.3) is 0 Å². The van der Waals surface area contributed by atoms with Crippen molar-refractivity contribution in [1.82, 2.24) is 4.90 Å². The van der Waals surface area contributed by atoms with E-state index in [4.69, 9.17) is 0 Å². The first-order valence-electron chi connectivity index (χ1n) is 11.4. The molecule has 1 N–H and O–H groups in total. The van der Waals surface area contributed by atoms with Gasteiger partial charge in [-0.15, -0.1) is 0 Å². The summed E-state index contributed by atoms with van der Waals surface area (Å²) < 4.78 is 28.7. The van der Waals surface area contributed by atoms with E-state index in [0.29, 0.717) is 34.5 Å². The number of hydrogen-bond acceptors (Lipinski definition) is 4. The van der Waals surface area contributed by atoms with E-state index >= 15 is 0 Å². The highest BCUT2D eigenvalue weighted by Crippen LogP contribution is 2.27. The summed E-state index contributed by atoms with van der Waals surface area (Å²) in [5.41, 5.74) is 1.10. The molecule has 0 saturated carbocycles. The zero-order valence-corrected chi connectivity index (χ0v) is 21.5. The number of piperidine rings is 1. The molecule has 0 radical (unpaired) electrons. The van der Waals surface area contributed by atoms with Gasteiger partial charge >= 0.3 is 0 Å². The Bertz CT molecular complexity index is 1310. The number of carbonyl (C=O) groups excluding carboxylic acids is 2. The predicted octanol–water partition coefficient (Wildman–Crippen LogP) is 4.91. The molecule has 1 fully saturated rings. The monoisotopic (exact) mass is 555 g/mol. The van der Waals surface area contributed by atoms with Crippen LogP contribution in [0.5, 0.6) is 0 Å². The van der Waals surface area contributed by atoms with Crippen molar-refractivity contribution < 1.29 is 18.0 Å². The molecular weight excluding hydrogens is 530 g/mol. The standard InChI is InChI=1S/C26H26BrN3O4S/c27-20-10-9-11-21(18-20)30(35(33,34)22-12-3-1-4-13-22)19-25(31)28-24-15-6-5-14-23(24)26(32)29-16-7-2-8-17-29/h1,3-6,9-15,18H,2,7-8,16-17,19H2,(H,28,31). The van der Waals surface area contributed by atoms with Gasteiger partial charge in [0, 0.05) is 17.6 Å². The van der Waals surface area contributed by atoms with Crippen LogP contribution in [-0.4, -0.2) is 44.8 Å². The van der Waals surface area contributed by atoms with Gasteiger partial charge in [-0.25, -0.2) is 8.42 Å². The van der Waals surface area contributed by atoms with Crippen molar-refractivity contribution in [1.29, 1.82) is 0 Å². The maximum atomic E-state index is 13.5. The third kappa shape index (κ3) is 5.91. The number of likely N-dealkylation sites (tertiary alicyclic amines) is 1. The molecule has 1 aliphatic rings. The molecule has 0 bridgehead atoms. The van der Waals surface area contributed by atoms with E-state index in [9.17, 15) is 18.0 Å². The van der Waals surface area contributed by atoms with Gasteiger partial charge < -0.3 is 10.2 Å². The van der Waals surface area contributed by atoms with E-state index in [2.05, 4.69) is 21.2 Å². The second-order valence-corrected chi connectivity index (χ2v) is 11.0. The zero-order valence-electron chi connectivity index (χ0n) is 19.1. The number of benzene rings is 3. The molecular formula is C26H26BrN3O4S. The smallest absolute Gasteiger partial charge is 0.264 e. The van der Waals surface area contributed by atoms with E-state index in [-0.39, 0.29) is 10.8 Å². The van der Waals surface area contributed by atoms with Crippen molar-refractivity contribution in [3.05, 3.63) is 88.9 Å². The Kier molecular flexibility index (Phi) is 7.87. The molecule has 1 saturated heterocycles. The van der Waals surface area contributed by atoms with Gasteiger partial charge in [0.25, 0.3) is 15.9 Å². The Morgan fingerprint density at radius 3 is 2.29 bits per heavy atom. The molecule has 0 aromatic heterocycles. The molecule has 9 heteroatoms. The molecule has 1 aliphatic heterocycles. The molecule has 3 aromatic rings. The van der Waals surface area contributed by atoms with E-state index in [1.165, 1.54) is 12.1 Å². The summed E-state index contributed by atoms with van der Waals surface area (Å²) in [7, 11) is -4.03. The number of hydrogen-bond donors (Lipinski definition) is 1. The number of halogens is 1. The molecule has 0 spiro atoms. The highest BCUT2D eigenvalue weighted by molar-refractivity contribution is 9.10. The molecule has 35 heavy (non-hydrogen) atoms. The SMILES string of the molecule is O=C(CN(c1cccc(Br)c1)S(=O)(=O)c1ccccc1)Nc1ccccc1C(=O)N1CCCCC1. The fraction of sp³-hybridized carbons (Fsp3) is 0.231. The van der Waals surface area contributed by atoms with Crippen molar-refractivity contribution in [2.45, 2.75) is 24.2 Å². The average molecular weight is 556 g/mol. The van der Waals surface area contributed by atoms with Crippen LogP contribution in [0.3, 0.4) is 0 Å². The Morgan fingerprint density at radius 1 is 0.886 bits per heavy atom. The van der Waals surface area contributed by atoms with Crippen LogP contribution in [0.1, 0.15) is 29.6 Å². The molecule has 182 valence electrons. The maximum Gasteiger partial charge on any atom is 0.264 e. The number of anilines is 2. The van der Waals surface area contributed by atoms with Gasteiger partial charge in [0.05, 0.1) is 21.8 Å². The summed E-state index contributed by atoms with van der Waals surface area (Å²) in [5, 5.41) is 2.76. The fourth-order valence-electron chi connectivity index (χ4n) is 4.03. The number of amides is 2. The van der Waals surface area contributed by atoms with E-state index in [0.717, 1.165) is 23.6 Å². The first-order valence-corrected chi connectivity index (χ1v) is 13.6. The van der Waals surface area contributed by atoms with Gasteiger partial charge in [0.15, 0.2) is 0 Å². The minimum Gasteiger partial charge on any atom is -0.339 e. The van der Waals surface area contributed by atoms with Gasteiger partial charge in [-0.2, -0.15) is 0 Å². The minimum atomic E-state index is -4.03. The van der Waals surface area contributed by atoms with Crippen molar-refractivity contribution >= 4 is 49.1 Å². The van der Waals surface area contributed by atoms with E-state index in [1.807, 2.05) is 0 Å². The number of carbonyl (C=O) groups is 2. The first kappa shape index (κ1) is 24.9. The Balaban J connectivity index is 1.61. The third-order valence-corrected chi connectivity index (χ3v) is 8.07. The third-order valence-electron chi connectivity index (χ3n) is 5.79. The second kappa shape index (κ2) is 11.0. The average Bonchev–Trinajstić information content (AvgIpc) is 2.88. The van der Waals surface area contributed by atoms with Crippen molar-refractivity contribution in [3.8, 4) is 0 Å². The number of nitrogens with zero attached hydrogens (tertiary/aromatic N) is 2. The summed E-state index contributed by atoms with van der Waals surface area (Å²) in [5.74, 6) is -0.690. The lowest BCUT2D eigenvalue weighted by molar-refractivity contribution is -0.114. The van der Waals surface area contributed by atoms with E-state index < -0.39 is 22.5 Å². The van der Waals surface area contributed by atoms with E-state index in [1.54, 1.807) is 71.6 Å². The molecule has 2 amide bonds. The van der Waals surface area contributed by atoms with Crippen LogP contribution in [0, 0.1) is 0 Å². The Morgan fingerprint density at radius 2 is 1.57 bits per heavy atom. The summed E-state index contributed by atoms with van der Waals surface area (Å²) in [6.07, 6.45) is 3.02. The quantitative estimate of drug-likeness (QED) is 0.448. The summed E-state index contributed by atoms with van der Waals surface area (Å²) in [4.78, 5) is 28.1. The first-order chi connectivity index (χ1) is 16.9. The van der Waals surface area contributed by atoms with Crippen LogP contribution >= 0.6 is 15.9 Å². The van der Waals surface area contributed by atoms with Gasteiger partial charge in [-0.1, -0.05) is 52.3 Å². The minimum absolute atomic E-state index is 0.0773. The lowest BCUT2D eigenvalue weighted by atomic mass is 10.1. The molecule has 1 heterocycles. The molecule has 0 unspecified atom stereocenters. The van der Waals surface area contributed by atoms with Crippen molar-refractivity contribution in [2.24, 2.45) is 0 Å². The largest absolute Gasteiger partial charge is 0.339 e. The summed E-state index contributed by atoms with van der Waals surface area (Å²) in [6, 6.07) is 21.5. The fourth-order valence-corrected chi connectivity index (χ4v) is 5.85. The maximum absolute atomic E-state index is 13.5. The number of rotatable bonds is 7. The van der Waals surface area contributed by atoms with Crippen molar-refractivity contribution in [2.75, 3.05) is 29.3 Å². The Labute approximate surface area is 213 Å². The lowest BCUT2D eigenvalue weighted by Crippen LogP contribution is -2.39. The van der Waals surface area contributed by atoms with Crippen LogP contribution in [0.2, 0.25) is 0 Å². The van der Waals surface area contributed by atoms with Crippen molar-refractivity contribution in [3.63, 3.8) is 0 Å². The van der Waals surface area contributed by atoms with Gasteiger partial charge in [-0.3, -0.25) is 13.9 Å². The van der Waals surface area contributed by atoms with Crippen LogP contribution in [-0.2, 0) is 14.8 Å². The number of sulfonamides is 1. The van der Waals surface area contributed by atoms with Crippen LogP contribution in [0.4, 0.5) is 11.4 Å². The summed E-state index contributed by atoms with van der Waals surface area (Å²) >= 11 is 3.37. The zero-order chi connectivity index (χ0) is 24.8. The highest BCUT2D eigenvalue weighted by atomic mass is 79.9. The normalized spacial score (nSPS) is 13.8. The van der Waals surface area contributed by atoms with Gasteiger partial charge in [0.1, 0.15) is 6.54 Å². The molecule has 0 aliphatic carbocycles. The molecule has 4 rings (SSSR count).